The Hall–Kier alpha value is -3.51. The summed E-state index contributed by atoms with van der Waals surface area (Å²) in [6.07, 6.45) is 6.44. The number of pyridine rings is 1. The number of furan rings is 1. The van der Waals surface area contributed by atoms with E-state index in [2.05, 4.69) is 27.0 Å². The van der Waals surface area contributed by atoms with Crippen LogP contribution in [0, 0.1) is 0 Å². The fraction of sp³-hybridized carbons (Fsp3) is 0.208. The van der Waals surface area contributed by atoms with Crippen LogP contribution in [0.1, 0.15) is 16.8 Å². The molecule has 6 heteroatoms. The Morgan fingerprint density at radius 2 is 2.03 bits per heavy atom. The lowest BCUT2D eigenvalue weighted by Gasteiger charge is -2.27. The van der Waals surface area contributed by atoms with Crippen LogP contribution in [0.4, 0.5) is 0 Å². The number of hydrogen-bond acceptors (Lipinski definition) is 6. The highest BCUT2D eigenvalue weighted by atomic mass is 16.5. The third kappa shape index (κ3) is 3.82. The first-order valence-corrected chi connectivity index (χ1v) is 9.99. The lowest BCUT2D eigenvalue weighted by Crippen LogP contribution is -2.31. The number of aromatic nitrogens is 3. The number of hydrogen-bond donors (Lipinski definition) is 0. The Morgan fingerprint density at radius 1 is 1.07 bits per heavy atom. The van der Waals surface area contributed by atoms with Gasteiger partial charge in [0.05, 0.1) is 24.8 Å². The SMILES string of the molecule is COc1cccc(-c2ccc(CN3CCc4nc(-c5ccco5)ncc4C3)cn2)c1. The lowest BCUT2D eigenvalue weighted by molar-refractivity contribution is 0.242. The molecule has 0 atom stereocenters. The van der Waals surface area contributed by atoms with Crippen LogP contribution in [0.25, 0.3) is 22.8 Å². The van der Waals surface area contributed by atoms with Gasteiger partial charge in [-0.05, 0) is 35.9 Å². The van der Waals surface area contributed by atoms with Gasteiger partial charge >= 0.3 is 0 Å². The maximum atomic E-state index is 5.42. The van der Waals surface area contributed by atoms with Crippen molar-refractivity contribution >= 4 is 0 Å². The van der Waals surface area contributed by atoms with Gasteiger partial charge in [0, 0.05) is 49.6 Å². The number of nitrogens with zero attached hydrogens (tertiary/aromatic N) is 4. The van der Waals surface area contributed by atoms with Gasteiger partial charge in [0.25, 0.3) is 0 Å². The third-order valence-electron chi connectivity index (χ3n) is 5.35. The average molecular weight is 398 g/mol. The molecule has 1 aliphatic heterocycles. The maximum absolute atomic E-state index is 5.42. The fourth-order valence-electron chi connectivity index (χ4n) is 3.76. The summed E-state index contributed by atoms with van der Waals surface area (Å²) < 4.78 is 10.7. The van der Waals surface area contributed by atoms with Crippen LogP contribution in [0.3, 0.4) is 0 Å². The normalized spacial score (nSPS) is 13.8. The molecule has 0 saturated heterocycles. The topological polar surface area (TPSA) is 64.3 Å². The summed E-state index contributed by atoms with van der Waals surface area (Å²) in [6, 6.07) is 15.9. The number of fused-ring (bicyclic) bond motifs is 1. The highest BCUT2D eigenvalue weighted by Crippen LogP contribution is 2.24. The summed E-state index contributed by atoms with van der Waals surface area (Å²) in [4.78, 5) is 16.2. The zero-order chi connectivity index (χ0) is 20.3. The van der Waals surface area contributed by atoms with E-state index in [0.29, 0.717) is 11.6 Å². The van der Waals surface area contributed by atoms with Crippen LogP contribution < -0.4 is 4.74 Å². The molecule has 1 aliphatic rings. The third-order valence-corrected chi connectivity index (χ3v) is 5.35. The first-order valence-electron chi connectivity index (χ1n) is 9.99. The van der Waals surface area contributed by atoms with E-state index in [-0.39, 0.29) is 0 Å². The molecule has 0 aliphatic carbocycles. The summed E-state index contributed by atoms with van der Waals surface area (Å²) in [5.41, 5.74) is 5.48. The molecule has 150 valence electrons. The van der Waals surface area contributed by atoms with Crippen molar-refractivity contribution in [1.82, 2.24) is 19.9 Å². The van der Waals surface area contributed by atoms with Crippen molar-refractivity contribution in [3.63, 3.8) is 0 Å². The van der Waals surface area contributed by atoms with Crippen molar-refractivity contribution in [2.75, 3.05) is 13.7 Å². The van der Waals surface area contributed by atoms with Crippen molar-refractivity contribution in [3.05, 3.63) is 84.0 Å². The second kappa shape index (κ2) is 8.08. The van der Waals surface area contributed by atoms with Gasteiger partial charge in [0.15, 0.2) is 11.6 Å². The molecule has 30 heavy (non-hydrogen) atoms. The summed E-state index contributed by atoms with van der Waals surface area (Å²) >= 11 is 0. The molecule has 0 amide bonds. The summed E-state index contributed by atoms with van der Waals surface area (Å²) in [6.45, 7) is 2.65. The molecular weight excluding hydrogens is 376 g/mol. The van der Waals surface area contributed by atoms with E-state index in [9.17, 15) is 0 Å². The van der Waals surface area contributed by atoms with Gasteiger partial charge in [0.2, 0.25) is 0 Å². The summed E-state index contributed by atoms with van der Waals surface area (Å²) in [5, 5.41) is 0. The highest BCUT2D eigenvalue weighted by Gasteiger charge is 2.19. The van der Waals surface area contributed by atoms with Crippen molar-refractivity contribution in [1.29, 1.82) is 0 Å². The lowest BCUT2D eigenvalue weighted by atomic mass is 10.1. The number of rotatable bonds is 5. The van der Waals surface area contributed by atoms with E-state index in [4.69, 9.17) is 14.1 Å². The Labute approximate surface area is 175 Å². The van der Waals surface area contributed by atoms with Crippen LogP contribution in [0.15, 0.2) is 71.6 Å². The molecule has 0 fully saturated rings. The van der Waals surface area contributed by atoms with Gasteiger partial charge < -0.3 is 9.15 Å². The van der Waals surface area contributed by atoms with E-state index >= 15 is 0 Å². The van der Waals surface area contributed by atoms with Crippen molar-refractivity contribution in [2.45, 2.75) is 19.5 Å². The molecule has 0 N–H and O–H groups in total. The van der Waals surface area contributed by atoms with Crippen molar-refractivity contribution < 1.29 is 9.15 Å². The van der Waals surface area contributed by atoms with Crippen LogP contribution in [0.5, 0.6) is 5.75 Å². The molecule has 4 aromatic rings. The largest absolute Gasteiger partial charge is 0.497 e. The quantitative estimate of drug-likeness (QED) is 0.498. The molecule has 0 bridgehead atoms. The predicted octanol–water partition coefficient (Wildman–Crippen LogP) is 4.37. The van der Waals surface area contributed by atoms with Crippen LogP contribution in [-0.4, -0.2) is 33.5 Å². The van der Waals surface area contributed by atoms with Gasteiger partial charge in [-0.2, -0.15) is 0 Å². The standard InChI is InChI=1S/C24H22N4O2/c1-29-20-5-2-4-18(12-20)21-8-7-17(13-25-21)15-28-10-9-22-19(16-28)14-26-24(27-22)23-6-3-11-30-23/h2-8,11-14H,9-10,15-16H2,1H3. The van der Waals surface area contributed by atoms with E-state index in [1.165, 1.54) is 11.1 Å². The molecule has 3 aromatic heterocycles. The molecular formula is C24H22N4O2. The predicted molar refractivity (Wildman–Crippen MR) is 114 cm³/mol. The molecule has 0 unspecified atom stereocenters. The zero-order valence-corrected chi connectivity index (χ0v) is 16.8. The molecule has 0 saturated carbocycles. The Kier molecular flexibility index (Phi) is 4.99. The monoisotopic (exact) mass is 398 g/mol. The molecule has 0 spiro atoms. The molecule has 4 heterocycles. The number of ether oxygens (including phenoxy) is 1. The maximum Gasteiger partial charge on any atom is 0.195 e. The van der Waals surface area contributed by atoms with Crippen LogP contribution in [0.2, 0.25) is 0 Å². The fourth-order valence-corrected chi connectivity index (χ4v) is 3.76. The summed E-state index contributed by atoms with van der Waals surface area (Å²) in [7, 11) is 1.68. The van der Waals surface area contributed by atoms with Crippen molar-refractivity contribution in [3.8, 4) is 28.6 Å². The number of methoxy groups -OCH3 is 1. The van der Waals surface area contributed by atoms with Gasteiger partial charge in [0.1, 0.15) is 5.75 Å². The minimum atomic E-state index is 0.657. The van der Waals surface area contributed by atoms with E-state index in [0.717, 1.165) is 48.8 Å². The van der Waals surface area contributed by atoms with E-state index in [1.54, 1.807) is 13.4 Å². The highest BCUT2D eigenvalue weighted by molar-refractivity contribution is 5.61. The Balaban J connectivity index is 1.27. The Morgan fingerprint density at radius 3 is 2.83 bits per heavy atom. The first-order chi connectivity index (χ1) is 14.8. The molecule has 0 radical (unpaired) electrons. The number of benzene rings is 1. The second-order valence-corrected chi connectivity index (χ2v) is 7.39. The minimum absolute atomic E-state index is 0.657. The molecule has 5 rings (SSSR count). The van der Waals surface area contributed by atoms with Crippen molar-refractivity contribution in [2.24, 2.45) is 0 Å². The van der Waals surface area contributed by atoms with Crippen LogP contribution >= 0.6 is 0 Å². The summed E-state index contributed by atoms with van der Waals surface area (Å²) in [5.74, 6) is 2.20. The smallest absolute Gasteiger partial charge is 0.195 e. The zero-order valence-electron chi connectivity index (χ0n) is 16.8. The van der Waals surface area contributed by atoms with Gasteiger partial charge in [-0.25, -0.2) is 9.97 Å². The van der Waals surface area contributed by atoms with Crippen LogP contribution in [-0.2, 0) is 19.5 Å². The molecule has 6 nitrogen and oxygen atoms in total. The molecule has 1 aromatic carbocycles. The van der Waals surface area contributed by atoms with Gasteiger partial charge in [-0.15, -0.1) is 0 Å². The Bertz CT molecular complexity index is 1140. The van der Waals surface area contributed by atoms with Gasteiger partial charge in [-0.3, -0.25) is 9.88 Å². The van der Waals surface area contributed by atoms with E-state index < -0.39 is 0 Å². The average Bonchev–Trinajstić information content (AvgIpc) is 3.34. The van der Waals surface area contributed by atoms with Gasteiger partial charge in [-0.1, -0.05) is 18.2 Å². The van der Waals surface area contributed by atoms with E-state index in [1.807, 2.05) is 48.8 Å². The second-order valence-electron chi connectivity index (χ2n) is 7.39. The minimum Gasteiger partial charge on any atom is -0.497 e. The first kappa shape index (κ1) is 18.5.